The molecule has 5 heteroatoms. The second-order valence-electron chi connectivity index (χ2n) is 6.02. The Hall–Kier alpha value is -0.940. The Morgan fingerprint density at radius 1 is 1.39 bits per heavy atom. The molecule has 0 radical (unpaired) electrons. The summed E-state index contributed by atoms with van der Waals surface area (Å²) in [6, 6.07) is 0. The van der Waals surface area contributed by atoms with Gasteiger partial charge in [-0.3, -0.25) is 0 Å². The summed E-state index contributed by atoms with van der Waals surface area (Å²) >= 11 is 0. The Morgan fingerprint density at radius 3 is 2.78 bits per heavy atom. The van der Waals surface area contributed by atoms with Gasteiger partial charge >= 0.3 is 0 Å². The van der Waals surface area contributed by atoms with E-state index in [1.54, 1.807) is 0 Å². The number of rotatable bonds is 3. The minimum absolute atomic E-state index is 0.403. The van der Waals surface area contributed by atoms with E-state index in [1.807, 2.05) is 13.8 Å². The van der Waals surface area contributed by atoms with E-state index in [1.165, 1.54) is 0 Å². The van der Waals surface area contributed by atoms with E-state index in [0.29, 0.717) is 17.6 Å². The first kappa shape index (κ1) is 12.1. The summed E-state index contributed by atoms with van der Waals surface area (Å²) < 4.78 is 11.2. The molecule has 2 aliphatic rings. The highest BCUT2D eigenvalue weighted by atomic mass is 16.5. The van der Waals surface area contributed by atoms with Gasteiger partial charge in [0, 0.05) is 6.61 Å². The molecule has 0 bridgehead atoms. The summed E-state index contributed by atoms with van der Waals surface area (Å²) in [5.74, 6) is 1.68. The molecule has 1 aliphatic carbocycles. The average molecular weight is 251 g/mol. The van der Waals surface area contributed by atoms with Crippen LogP contribution in [0.2, 0.25) is 0 Å². The lowest BCUT2D eigenvalue weighted by molar-refractivity contribution is -0.0770. The molecule has 2 N–H and O–H groups in total. The molecule has 2 heterocycles. The molecule has 3 rings (SSSR count). The fraction of sp³-hybridized carbons (Fsp3) is 0.846. The first-order valence-electron chi connectivity index (χ1n) is 6.80. The van der Waals surface area contributed by atoms with E-state index in [4.69, 9.17) is 15.0 Å². The lowest BCUT2D eigenvalue weighted by Crippen LogP contribution is -2.36. The van der Waals surface area contributed by atoms with Gasteiger partial charge in [-0.15, -0.1) is 0 Å². The molecule has 2 fully saturated rings. The lowest BCUT2D eigenvalue weighted by atomic mass is 9.94. The summed E-state index contributed by atoms with van der Waals surface area (Å²) in [4.78, 5) is 4.51. The van der Waals surface area contributed by atoms with Gasteiger partial charge in [0.05, 0.1) is 5.54 Å². The van der Waals surface area contributed by atoms with Crippen LogP contribution in [0.1, 0.15) is 57.7 Å². The largest absolute Gasteiger partial charge is 0.367 e. The maximum absolute atomic E-state index is 6.29. The molecule has 0 amide bonds. The van der Waals surface area contributed by atoms with E-state index >= 15 is 0 Å². The number of nitrogens with zero attached hydrogens (tertiary/aromatic N) is 2. The van der Waals surface area contributed by atoms with Gasteiger partial charge in [0.25, 0.3) is 0 Å². The van der Waals surface area contributed by atoms with Crippen molar-refractivity contribution in [2.45, 2.75) is 57.1 Å². The van der Waals surface area contributed by atoms with Crippen molar-refractivity contribution in [3.05, 3.63) is 11.7 Å². The SMILES string of the molecule is CC1(c2noc(C(C)(N)C3CC3)n2)CCCCO1. The normalized spacial score (nSPS) is 32.2. The van der Waals surface area contributed by atoms with Crippen LogP contribution < -0.4 is 5.73 Å². The van der Waals surface area contributed by atoms with Crippen LogP contribution in [0.5, 0.6) is 0 Å². The zero-order valence-electron chi connectivity index (χ0n) is 11.1. The molecule has 1 saturated carbocycles. The maximum atomic E-state index is 6.29. The second kappa shape index (κ2) is 4.03. The van der Waals surface area contributed by atoms with Crippen molar-refractivity contribution in [3.63, 3.8) is 0 Å². The zero-order chi connectivity index (χ0) is 12.8. The van der Waals surface area contributed by atoms with Gasteiger partial charge in [0.15, 0.2) is 0 Å². The van der Waals surface area contributed by atoms with Gasteiger partial charge in [-0.2, -0.15) is 4.98 Å². The second-order valence-corrected chi connectivity index (χ2v) is 6.02. The van der Waals surface area contributed by atoms with Crippen molar-refractivity contribution < 1.29 is 9.26 Å². The lowest BCUT2D eigenvalue weighted by Gasteiger charge is -2.30. The Morgan fingerprint density at radius 2 is 2.17 bits per heavy atom. The molecule has 5 nitrogen and oxygen atoms in total. The van der Waals surface area contributed by atoms with Gasteiger partial charge in [-0.25, -0.2) is 0 Å². The van der Waals surface area contributed by atoms with Crippen LogP contribution in [0.3, 0.4) is 0 Å². The van der Waals surface area contributed by atoms with Gasteiger partial charge in [0.2, 0.25) is 11.7 Å². The van der Waals surface area contributed by atoms with Gasteiger partial charge in [0.1, 0.15) is 5.60 Å². The topological polar surface area (TPSA) is 74.2 Å². The highest BCUT2D eigenvalue weighted by Crippen LogP contribution is 2.43. The van der Waals surface area contributed by atoms with E-state index in [2.05, 4.69) is 10.1 Å². The van der Waals surface area contributed by atoms with E-state index in [9.17, 15) is 0 Å². The van der Waals surface area contributed by atoms with Crippen LogP contribution in [-0.2, 0) is 15.9 Å². The third-order valence-corrected chi connectivity index (χ3v) is 4.25. The zero-order valence-corrected chi connectivity index (χ0v) is 11.1. The Kier molecular flexibility index (Phi) is 2.71. The third kappa shape index (κ3) is 1.95. The molecule has 18 heavy (non-hydrogen) atoms. The van der Waals surface area contributed by atoms with Crippen molar-refractivity contribution >= 4 is 0 Å². The van der Waals surface area contributed by atoms with Crippen LogP contribution in [0, 0.1) is 5.92 Å². The highest BCUT2D eigenvalue weighted by Gasteiger charge is 2.45. The van der Waals surface area contributed by atoms with Crippen LogP contribution in [-0.4, -0.2) is 16.7 Å². The van der Waals surface area contributed by atoms with Crippen molar-refractivity contribution in [1.82, 2.24) is 10.1 Å². The minimum Gasteiger partial charge on any atom is -0.367 e. The first-order valence-corrected chi connectivity index (χ1v) is 6.80. The Balaban J connectivity index is 1.84. The summed E-state index contributed by atoms with van der Waals surface area (Å²) in [7, 11) is 0. The van der Waals surface area contributed by atoms with Crippen molar-refractivity contribution in [2.75, 3.05) is 6.61 Å². The van der Waals surface area contributed by atoms with Crippen molar-refractivity contribution in [2.24, 2.45) is 11.7 Å². The number of ether oxygens (including phenoxy) is 1. The maximum Gasteiger partial charge on any atom is 0.246 e. The summed E-state index contributed by atoms with van der Waals surface area (Å²) in [5.41, 5.74) is 5.40. The van der Waals surface area contributed by atoms with Crippen molar-refractivity contribution in [1.29, 1.82) is 0 Å². The fourth-order valence-electron chi connectivity index (χ4n) is 2.63. The summed E-state index contributed by atoms with van der Waals surface area (Å²) in [5, 5.41) is 4.10. The van der Waals surface area contributed by atoms with E-state index < -0.39 is 11.1 Å². The van der Waals surface area contributed by atoms with Crippen LogP contribution in [0.25, 0.3) is 0 Å². The molecular weight excluding hydrogens is 230 g/mol. The van der Waals surface area contributed by atoms with Crippen LogP contribution in [0.4, 0.5) is 0 Å². The third-order valence-electron chi connectivity index (χ3n) is 4.25. The predicted molar refractivity (Wildman–Crippen MR) is 65.7 cm³/mol. The highest BCUT2D eigenvalue weighted by molar-refractivity contribution is 5.10. The molecular formula is C13H21N3O2. The quantitative estimate of drug-likeness (QED) is 0.890. The Labute approximate surface area is 107 Å². The molecule has 0 spiro atoms. The summed E-state index contributed by atoms with van der Waals surface area (Å²) in [6.45, 7) is 4.78. The first-order chi connectivity index (χ1) is 8.52. The number of nitrogens with two attached hydrogens (primary N) is 1. The molecule has 100 valence electrons. The van der Waals surface area contributed by atoms with E-state index in [0.717, 1.165) is 38.7 Å². The number of hydrogen-bond donors (Lipinski definition) is 1. The molecule has 1 aliphatic heterocycles. The fourth-order valence-corrected chi connectivity index (χ4v) is 2.63. The minimum atomic E-state index is -0.490. The molecule has 2 unspecified atom stereocenters. The molecule has 1 saturated heterocycles. The Bertz CT molecular complexity index is 431. The monoisotopic (exact) mass is 251 g/mol. The summed E-state index contributed by atoms with van der Waals surface area (Å²) in [6.07, 6.45) is 5.49. The van der Waals surface area contributed by atoms with Gasteiger partial charge < -0.3 is 15.0 Å². The number of hydrogen-bond acceptors (Lipinski definition) is 5. The van der Waals surface area contributed by atoms with E-state index in [-0.39, 0.29) is 0 Å². The molecule has 1 aromatic rings. The van der Waals surface area contributed by atoms with Gasteiger partial charge in [-0.05, 0) is 51.9 Å². The number of aromatic nitrogens is 2. The average Bonchev–Trinajstić information content (AvgIpc) is 3.07. The standard InChI is InChI=1S/C13H21N3O2/c1-12(7-3-4-8-17-12)10-15-11(18-16-10)13(2,14)9-5-6-9/h9H,3-8,14H2,1-2H3. The smallest absolute Gasteiger partial charge is 0.246 e. The molecule has 1 aromatic heterocycles. The molecule has 0 aromatic carbocycles. The van der Waals surface area contributed by atoms with Gasteiger partial charge in [-0.1, -0.05) is 5.16 Å². The predicted octanol–water partition coefficient (Wildman–Crippen LogP) is 2.07. The van der Waals surface area contributed by atoms with Crippen LogP contribution >= 0.6 is 0 Å². The van der Waals surface area contributed by atoms with Crippen LogP contribution in [0.15, 0.2) is 4.52 Å². The van der Waals surface area contributed by atoms with Crippen molar-refractivity contribution in [3.8, 4) is 0 Å². The molecule has 2 atom stereocenters.